The first kappa shape index (κ1) is 14.5. The molecule has 1 amide bonds. The van der Waals surface area contributed by atoms with E-state index in [1.54, 1.807) is 6.92 Å². The summed E-state index contributed by atoms with van der Waals surface area (Å²) in [6, 6.07) is 4.47. The van der Waals surface area contributed by atoms with Gasteiger partial charge in [0.1, 0.15) is 0 Å². The summed E-state index contributed by atoms with van der Waals surface area (Å²) in [5.74, 6) is -0.641. The van der Waals surface area contributed by atoms with E-state index in [9.17, 15) is 18.0 Å². The quantitative estimate of drug-likeness (QED) is 0.853. The number of nitrogens with one attached hydrogen (secondary N) is 1. The molecule has 18 heavy (non-hydrogen) atoms. The van der Waals surface area contributed by atoms with Gasteiger partial charge in [0.15, 0.2) is 0 Å². The van der Waals surface area contributed by atoms with Crippen molar-refractivity contribution in [2.75, 3.05) is 6.54 Å². The van der Waals surface area contributed by atoms with Crippen molar-refractivity contribution < 1.29 is 18.0 Å². The SMILES string of the molecule is CCNC(CC(N)=O)c1ccccc1C(F)(F)F. The molecule has 0 bridgehead atoms. The van der Waals surface area contributed by atoms with Crippen LogP contribution >= 0.6 is 0 Å². The number of carbonyl (C=O) groups excluding carboxylic acids is 1. The summed E-state index contributed by atoms with van der Waals surface area (Å²) in [7, 11) is 0. The second-order valence-electron chi connectivity index (χ2n) is 3.87. The summed E-state index contributed by atoms with van der Waals surface area (Å²) in [6.07, 6.45) is -4.61. The van der Waals surface area contributed by atoms with Crippen LogP contribution in [0, 0.1) is 0 Å². The molecule has 0 fully saturated rings. The van der Waals surface area contributed by atoms with Gasteiger partial charge >= 0.3 is 6.18 Å². The predicted molar refractivity (Wildman–Crippen MR) is 61.7 cm³/mol. The number of hydrogen-bond donors (Lipinski definition) is 2. The predicted octanol–water partition coefficient (Wildman–Crippen LogP) is 2.23. The molecule has 1 atom stereocenters. The van der Waals surface area contributed by atoms with Crippen LogP contribution in [0.5, 0.6) is 0 Å². The summed E-state index contributed by atoms with van der Waals surface area (Å²) in [5.41, 5.74) is 4.37. The zero-order chi connectivity index (χ0) is 13.8. The summed E-state index contributed by atoms with van der Waals surface area (Å²) < 4.78 is 38.5. The van der Waals surface area contributed by atoms with Crippen molar-refractivity contribution in [1.82, 2.24) is 5.32 Å². The molecule has 0 aliphatic heterocycles. The lowest BCUT2D eigenvalue weighted by molar-refractivity contribution is -0.138. The average molecular weight is 260 g/mol. The Morgan fingerprint density at radius 2 is 2.00 bits per heavy atom. The van der Waals surface area contributed by atoms with Crippen LogP contribution in [0.2, 0.25) is 0 Å². The monoisotopic (exact) mass is 260 g/mol. The molecule has 100 valence electrons. The smallest absolute Gasteiger partial charge is 0.370 e. The van der Waals surface area contributed by atoms with Gasteiger partial charge in [0.05, 0.1) is 5.56 Å². The number of alkyl halides is 3. The Morgan fingerprint density at radius 1 is 1.39 bits per heavy atom. The minimum Gasteiger partial charge on any atom is -0.370 e. The second kappa shape index (κ2) is 5.86. The highest BCUT2D eigenvalue weighted by atomic mass is 19.4. The van der Waals surface area contributed by atoms with Crippen molar-refractivity contribution in [1.29, 1.82) is 0 Å². The molecule has 0 spiro atoms. The normalized spacial score (nSPS) is 13.3. The Kier molecular flexibility index (Phi) is 4.72. The number of rotatable bonds is 5. The molecule has 3 nitrogen and oxygen atoms in total. The standard InChI is InChI=1S/C12H15F3N2O/c1-2-17-10(7-11(16)18)8-5-3-4-6-9(8)12(13,14)15/h3-6,10,17H,2,7H2,1H3,(H2,16,18). The maximum absolute atomic E-state index is 12.8. The van der Waals surface area contributed by atoms with E-state index in [1.807, 2.05) is 0 Å². The molecule has 6 heteroatoms. The molecule has 0 radical (unpaired) electrons. The summed E-state index contributed by atoms with van der Waals surface area (Å²) in [5, 5.41) is 2.84. The number of hydrogen-bond acceptors (Lipinski definition) is 2. The molecule has 1 aromatic carbocycles. The minimum absolute atomic E-state index is 0.0469. The van der Waals surface area contributed by atoms with Gasteiger partial charge in [0.2, 0.25) is 5.91 Å². The number of amides is 1. The third kappa shape index (κ3) is 3.73. The lowest BCUT2D eigenvalue weighted by Gasteiger charge is -2.21. The van der Waals surface area contributed by atoms with E-state index in [0.717, 1.165) is 6.07 Å². The molecule has 0 saturated carbocycles. The fourth-order valence-corrected chi connectivity index (χ4v) is 1.80. The van der Waals surface area contributed by atoms with Crippen molar-refractivity contribution in [3.05, 3.63) is 35.4 Å². The Balaban J connectivity index is 3.15. The number of primary amides is 1. The van der Waals surface area contributed by atoms with E-state index in [-0.39, 0.29) is 12.0 Å². The first-order valence-corrected chi connectivity index (χ1v) is 5.54. The Hall–Kier alpha value is -1.56. The Morgan fingerprint density at radius 3 is 2.50 bits per heavy atom. The van der Waals surface area contributed by atoms with E-state index >= 15 is 0 Å². The number of carbonyl (C=O) groups is 1. The molecule has 0 aliphatic carbocycles. The molecule has 0 aromatic heterocycles. The zero-order valence-electron chi connectivity index (χ0n) is 9.92. The molecule has 0 heterocycles. The molecule has 0 saturated heterocycles. The van der Waals surface area contributed by atoms with Crippen LogP contribution in [0.15, 0.2) is 24.3 Å². The van der Waals surface area contributed by atoms with Gasteiger partial charge < -0.3 is 11.1 Å². The Bertz CT molecular complexity index is 418. The second-order valence-corrected chi connectivity index (χ2v) is 3.87. The molecule has 0 aliphatic rings. The average Bonchev–Trinajstić information content (AvgIpc) is 2.27. The van der Waals surface area contributed by atoms with E-state index in [2.05, 4.69) is 5.32 Å². The van der Waals surface area contributed by atoms with E-state index in [1.165, 1.54) is 18.2 Å². The van der Waals surface area contributed by atoms with Crippen LogP contribution < -0.4 is 11.1 Å². The highest BCUT2D eigenvalue weighted by Gasteiger charge is 2.35. The van der Waals surface area contributed by atoms with Gasteiger partial charge in [-0.1, -0.05) is 25.1 Å². The van der Waals surface area contributed by atoms with Crippen LogP contribution in [0.3, 0.4) is 0 Å². The molecule has 3 N–H and O–H groups in total. The van der Waals surface area contributed by atoms with Crippen molar-refractivity contribution in [3.8, 4) is 0 Å². The molecule has 1 aromatic rings. The van der Waals surface area contributed by atoms with Crippen molar-refractivity contribution >= 4 is 5.91 Å². The van der Waals surface area contributed by atoms with Crippen LogP contribution in [0.1, 0.15) is 30.5 Å². The number of halogens is 3. The zero-order valence-corrected chi connectivity index (χ0v) is 9.92. The number of nitrogens with two attached hydrogens (primary N) is 1. The molecule has 1 unspecified atom stereocenters. The third-order valence-electron chi connectivity index (χ3n) is 2.50. The van der Waals surface area contributed by atoms with Gasteiger partial charge in [0, 0.05) is 12.5 Å². The van der Waals surface area contributed by atoms with Crippen LogP contribution in [-0.2, 0) is 11.0 Å². The first-order valence-electron chi connectivity index (χ1n) is 5.54. The van der Waals surface area contributed by atoms with Crippen molar-refractivity contribution in [2.45, 2.75) is 25.6 Å². The fourth-order valence-electron chi connectivity index (χ4n) is 1.80. The largest absolute Gasteiger partial charge is 0.416 e. The topological polar surface area (TPSA) is 55.1 Å². The van der Waals surface area contributed by atoms with E-state index < -0.39 is 23.7 Å². The van der Waals surface area contributed by atoms with Crippen molar-refractivity contribution in [2.24, 2.45) is 5.73 Å². The van der Waals surface area contributed by atoms with Gasteiger partial charge in [-0.05, 0) is 18.2 Å². The van der Waals surface area contributed by atoms with Crippen LogP contribution in [0.25, 0.3) is 0 Å². The lowest BCUT2D eigenvalue weighted by atomic mass is 9.97. The summed E-state index contributed by atoms with van der Waals surface area (Å²) >= 11 is 0. The van der Waals surface area contributed by atoms with Gasteiger partial charge in [-0.2, -0.15) is 13.2 Å². The third-order valence-corrected chi connectivity index (χ3v) is 2.50. The maximum atomic E-state index is 12.8. The van der Waals surface area contributed by atoms with Crippen LogP contribution in [-0.4, -0.2) is 12.5 Å². The van der Waals surface area contributed by atoms with Gasteiger partial charge in [-0.15, -0.1) is 0 Å². The van der Waals surface area contributed by atoms with Crippen molar-refractivity contribution in [3.63, 3.8) is 0 Å². The van der Waals surface area contributed by atoms with E-state index in [0.29, 0.717) is 6.54 Å². The highest BCUT2D eigenvalue weighted by Crippen LogP contribution is 2.35. The maximum Gasteiger partial charge on any atom is 0.416 e. The van der Waals surface area contributed by atoms with Gasteiger partial charge in [0.25, 0.3) is 0 Å². The minimum atomic E-state index is -4.44. The lowest BCUT2D eigenvalue weighted by Crippen LogP contribution is -2.28. The number of benzene rings is 1. The first-order chi connectivity index (χ1) is 8.36. The molecular formula is C12H15F3N2O. The van der Waals surface area contributed by atoms with E-state index in [4.69, 9.17) is 5.73 Å². The van der Waals surface area contributed by atoms with Gasteiger partial charge in [-0.25, -0.2) is 0 Å². The highest BCUT2D eigenvalue weighted by molar-refractivity contribution is 5.74. The molecule has 1 rings (SSSR count). The Labute approximate surface area is 103 Å². The van der Waals surface area contributed by atoms with Gasteiger partial charge in [-0.3, -0.25) is 4.79 Å². The summed E-state index contributed by atoms with van der Waals surface area (Å²) in [4.78, 5) is 10.9. The fraction of sp³-hybridized carbons (Fsp3) is 0.417. The molecular weight excluding hydrogens is 245 g/mol. The summed E-state index contributed by atoms with van der Waals surface area (Å²) in [6.45, 7) is 2.20. The van der Waals surface area contributed by atoms with Crippen LogP contribution in [0.4, 0.5) is 13.2 Å².